The fraction of sp³-hybridized carbons (Fsp3) is 1.00. The third kappa shape index (κ3) is 2.38. The Bertz CT molecular complexity index is 165. The smallest absolute Gasteiger partial charge is 0.242 e. The lowest BCUT2D eigenvalue weighted by molar-refractivity contribution is 0.0251. The summed E-state index contributed by atoms with van der Waals surface area (Å²) in [6.45, 7) is 1.53. The van der Waals surface area contributed by atoms with Crippen LogP contribution >= 0.6 is 0 Å². The van der Waals surface area contributed by atoms with Crippen molar-refractivity contribution in [1.29, 1.82) is 0 Å². The predicted octanol–water partition coefficient (Wildman–Crippen LogP) is 1.49. The van der Waals surface area contributed by atoms with Gasteiger partial charge in [-0.1, -0.05) is 6.92 Å². The fourth-order valence-corrected chi connectivity index (χ4v) is 1.88. The van der Waals surface area contributed by atoms with E-state index in [9.17, 15) is 8.78 Å². The van der Waals surface area contributed by atoms with Crippen molar-refractivity contribution in [2.75, 3.05) is 0 Å². The lowest BCUT2D eigenvalue weighted by Gasteiger charge is -2.40. The molecular formula is C9H18F2N2. The van der Waals surface area contributed by atoms with Crippen LogP contribution in [0.4, 0.5) is 8.78 Å². The molecule has 1 aliphatic rings. The second-order valence-corrected chi connectivity index (χ2v) is 4.19. The van der Waals surface area contributed by atoms with E-state index in [2.05, 4.69) is 0 Å². The summed E-state index contributed by atoms with van der Waals surface area (Å²) in [5.41, 5.74) is 10.9. The predicted molar refractivity (Wildman–Crippen MR) is 48.5 cm³/mol. The molecule has 0 aliphatic heterocycles. The van der Waals surface area contributed by atoms with Gasteiger partial charge in [0.25, 0.3) is 0 Å². The number of hydrogen-bond acceptors (Lipinski definition) is 2. The molecule has 0 heterocycles. The Morgan fingerprint density at radius 3 is 2.15 bits per heavy atom. The third-order valence-corrected chi connectivity index (χ3v) is 3.25. The lowest BCUT2D eigenvalue weighted by Crippen LogP contribution is -2.52. The van der Waals surface area contributed by atoms with Gasteiger partial charge < -0.3 is 11.5 Å². The minimum atomic E-state index is -2.32. The highest BCUT2D eigenvalue weighted by atomic mass is 19.3. The lowest BCUT2D eigenvalue weighted by atomic mass is 9.73. The van der Waals surface area contributed by atoms with Crippen LogP contribution in [0, 0.1) is 5.92 Å². The van der Waals surface area contributed by atoms with Gasteiger partial charge in [0.1, 0.15) is 0 Å². The molecule has 0 aromatic heterocycles. The summed E-state index contributed by atoms with van der Waals surface area (Å²) >= 11 is 0. The first-order chi connectivity index (χ1) is 5.96. The molecule has 1 saturated carbocycles. The number of alkyl halides is 2. The molecular weight excluding hydrogens is 174 g/mol. The highest BCUT2D eigenvalue weighted by molar-refractivity contribution is 4.95. The summed E-state index contributed by atoms with van der Waals surface area (Å²) in [6, 6.07) is 0.154. The molecule has 1 atom stereocenters. The molecule has 78 valence electrons. The summed E-state index contributed by atoms with van der Waals surface area (Å²) in [5.74, 6) is -0.722. The third-order valence-electron chi connectivity index (χ3n) is 3.25. The van der Waals surface area contributed by atoms with E-state index in [-0.39, 0.29) is 6.04 Å². The van der Waals surface area contributed by atoms with Crippen LogP contribution in [0.5, 0.6) is 0 Å². The van der Waals surface area contributed by atoms with Gasteiger partial charge in [-0.05, 0) is 25.7 Å². The Morgan fingerprint density at radius 2 is 1.77 bits per heavy atom. The monoisotopic (exact) mass is 192 g/mol. The molecule has 0 saturated heterocycles. The molecule has 4 heteroatoms. The highest BCUT2D eigenvalue weighted by Gasteiger charge is 2.39. The highest BCUT2D eigenvalue weighted by Crippen LogP contribution is 2.34. The topological polar surface area (TPSA) is 52.0 Å². The van der Waals surface area contributed by atoms with Crippen LogP contribution in [0.15, 0.2) is 0 Å². The average molecular weight is 192 g/mol. The Hall–Kier alpha value is -0.220. The van der Waals surface area contributed by atoms with Gasteiger partial charge in [-0.25, -0.2) is 8.78 Å². The molecule has 0 aromatic carbocycles. The van der Waals surface area contributed by atoms with Gasteiger partial charge in [0.05, 0.1) is 0 Å². The maximum Gasteiger partial charge on any atom is 0.242 e. The van der Waals surface area contributed by atoms with Gasteiger partial charge in [0.15, 0.2) is 0 Å². The van der Waals surface area contributed by atoms with Crippen molar-refractivity contribution >= 4 is 0 Å². The molecule has 0 spiro atoms. The maximum atomic E-state index is 12.4. The molecule has 4 N–H and O–H groups in total. The van der Waals surface area contributed by atoms with Crippen molar-refractivity contribution in [3.63, 3.8) is 0 Å². The zero-order chi connectivity index (χ0) is 10.1. The first-order valence-electron chi connectivity index (χ1n) is 4.78. The van der Waals surface area contributed by atoms with Crippen molar-refractivity contribution in [3.05, 3.63) is 0 Å². The van der Waals surface area contributed by atoms with E-state index in [4.69, 9.17) is 11.5 Å². The largest absolute Gasteiger partial charge is 0.328 e. The summed E-state index contributed by atoms with van der Waals surface area (Å²) in [4.78, 5) is 0. The summed E-state index contributed by atoms with van der Waals surface area (Å²) < 4.78 is 24.9. The zero-order valence-electron chi connectivity index (χ0n) is 7.97. The minimum Gasteiger partial charge on any atom is -0.328 e. The standard InChI is InChI=1S/C9H18F2N2/c1-6(8(10)11)9(13)4-2-7(12)3-5-9/h6-8H,2-5,12-13H2,1H3. The van der Waals surface area contributed by atoms with Gasteiger partial charge >= 0.3 is 0 Å². The molecule has 1 unspecified atom stereocenters. The molecule has 0 amide bonds. The van der Waals surface area contributed by atoms with Crippen LogP contribution in [0.3, 0.4) is 0 Å². The zero-order valence-corrected chi connectivity index (χ0v) is 7.97. The Morgan fingerprint density at radius 1 is 1.31 bits per heavy atom. The van der Waals surface area contributed by atoms with Crippen LogP contribution in [-0.2, 0) is 0 Å². The fourth-order valence-electron chi connectivity index (χ4n) is 1.88. The minimum absolute atomic E-state index is 0.154. The van der Waals surface area contributed by atoms with Crippen LogP contribution in [0.25, 0.3) is 0 Å². The van der Waals surface area contributed by atoms with E-state index in [1.807, 2.05) is 0 Å². The van der Waals surface area contributed by atoms with Crippen molar-refractivity contribution in [3.8, 4) is 0 Å². The first kappa shape index (κ1) is 10.9. The average Bonchev–Trinajstić information content (AvgIpc) is 2.09. The van der Waals surface area contributed by atoms with Crippen LogP contribution in [0.1, 0.15) is 32.6 Å². The van der Waals surface area contributed by atoms with Crippen LogP contribution in [-0.4, -0.2) is 18.0 Å². The Kier molecular flexibility index (Phi) is 3.24. The van der Waals surface area contributed by atoms with E-state index < -0.39 is 17.9 Å². The Balaban J connectivity index is 2.56. The van der Waals surface area contributed by atoms with Gasteiger partial charge in [-0.3, -0.25) is 0 Å². The molecule has 13 heavy (non-hydrogen) atoms. The Labute approximate surface area is 77.7 Å². The molecule has 1 fully saturated rings. The molecule has 1 aliphatic carbocycles. The molecule has 0 bridgehead atoms. The van der Waals surface area contributed by atoms with Gasteiger partial charge in [0.2, 0.25) is 6.43 Å². The molecule has 1 rings (SSSR count). The van der Waals surface area contributed by atoms with Crippen molar-refractivity contribution < 1.29 is 8.78 Å². The second kappa shape index (κ2) is 3.88. The molecule has 0 radical (unpaired) electrons. The quantitative estimate of drug-likeness (QED) is 0.696. The molecule has 0 aromatic rings. The van der Waals surface area contributed by atoms with Crippen molar-refractivity contribution in [2.24, 2.45) is 17.4 Å². The van der Waals surface area contributed by atoms with Crippen LogP contribution < -0.4 is 11.5 Å². The second-order valence-electron chi connectivity index (χ2n) is 4.19. The van der Waals surface area contributed by atoms with E-state index in [1.54, 1.807) is 0 Å². The number of rotatable bonds is 2. The number of halogens is 2. The summed E-state index contributed by atoms with van der Waals surface area (Å²) in [7, 11) is 0. The number of hydrogen-bond donors (Lipinski definition) is 2. The van der Waals surface area contributed by atoms with Gasteiger partial charge in [-0.2, -0.15) is 0 Å². The molecule has 2 nitrogen and oxygen atoms in total. The van der Waals surface area contributed by atoms with E-state index in [0.717, 1.165) is 12.8 Å². The first-order valence-corrected chi connectivity index (χ1v) is 4.78. The van der Waals surface area contributed by atoms with Crippen molar-refractivity contribution in [1.82, 2.24) is 0 Å². The normalized spacial score (nSPS) is 37.8. The summed E-state index contributed by atoms with van der Waals surface area (Å²) in [5, 5.41) is 0. The van der Waals surface area contributed by atoms with Crippen LogP contribution in [0.2, 0.25) is 0 Å². The van der Waals surface area contributed by atoms with Gasteiger partial charge in [-0.15, -0.1) is 0 Å². The SMILES string of the molecule is CC(C(F)F)C1(N)CCC(N)CC1. The van der Waals surface area contributed by atoms with E-state index >= 15 is 0 Å². The van der Waals surface area contributed by atoms with E-state index in [1.165, 1.54) is 6.92 Å². The van der Waals surface area contributed by atoms with E-state index in [0.29, 0.717) is 12.8 Å². The maximum absolute atomic E-state index is 12.4. The van der Waals surface area contributed by atoms with Gasteiger partial charge in [0, 0.05) is 17.5 Å². The van der Waals surface area contributed by atoms with Crippen molar-refractivity contribution in [2.45, 2.75) is 50.6 Å². The summed E-state index contributed by atoms with van der Waals surface area (Å²) in [6.07, 6.45) is 0.472. The number of nitrogens with two attached hydrogens (primary N) is 2.